The van der Waals surface area contributed by atoms with Gasteiger partial charge in [-0.1, -0.05) is 32.9 Å². The van der Waals surface area contributed by atoms with E-state index in [1.807, 2.05) is 6.08 Å². The highest BCUT2D eigenvalue weighted by atomic mass is 15.2. The third-order valence-electron chi connectivity index (χ3n) is 3.22. The standard InChI is InChI=1S/C17H29N3/c1-6-10-20(11-7-2)17-9-8-16(15(5)19-17)13-18-12-14(3)4/h6,8-9,14,18H,1,7,10-13H2,2-5H3. The SMILES string of the molecule is C=CCN(CCC)c1ccc(CNCC(C)C)c(C)n1. The zero-order valence-corrected chi connectivity index (χ0v) is 13.4. The van der Waals surface area contributed by atoms with Crippen LogP contribution >= 0.6 is 0 Å². The zero-order valence-electron chi connectivity index (χ0n) is 13.4. The van der Waals surface area contributed by atoms with Crippen LogP contribution in [0.15, 0.2) is 24.8 Å². The highest BCUT2D eigenvalue weighted by Gasteiger charge is 2.08. The molecule has 0 aliphatic heterocycles. The first kappa shape index (κ1) is 16.7. The first-order valence-electron chi connectivity index (χ1n) is 7.61. The molecule has 3 nitrogen and oxygen atoms in total. The highest BCUT2D eigenvalue weighted by Crippen LogP contribution is 2.15. The summed E-state index contributed by atoms with van der Waals surface area (Å²) in [7, 11) is 0. The molecule has 3 heteroatoms. The molecule has 0 aliphatic carbocycles. The van der Waals surface area contributed by atoms with E-state index >= 15 is 0 Å². The molecule has 1 aromatic heterocycles. The molecule has 0 saturated heterocycles. The molecule has 0 saturated carbocycles. The van der Waals surface area contributed by atoms with Crippen molar-refractivity contribution < 1.29 is 0 Å². The van der Waals surface area contributed by atoms with Gasteiger partial charge < -0.3 is 10.2 Å². The van der Waals surface area contributed by atoms with E-state index in [4.69, 9.17) is 4.98 Å². The van der Waals surface area contributed by atoms with Gasteiger partial charge in [0.1, 0.15) is 5.82 Å². The predicted molar refractivity (Wildman–Crippen MR) is 88.2 cm³/mol. The largest absolute Gasteiger partial charge is 0.353 e. The van der Waals surface area contributed by atoms with E-state index in [1.165, 1.54) is 5.56 Å². The molecule has 0 aromatic carbocycles. The van der Waals surface area contributed by atoms with Gasteiger partial charge in [-0.3, -0.25) is 0 Å². The maximum atomic E-state index is 4.75. The summed E-state index contributed by atoms with van der Waals surface area (Å²) in [6, 6.07) is 4.31. The molecule has 1 N–H and O–H groups in total. The molecule has 112 valence electrons. The Labute approximate surface area is 124 Å². The average Bonchev–Trinajstić information content (AvgIpc) is 2.40. The Morgan fingerprint density at radius 3 is 2.70 bits per heavy atom. The minimum Gasteiger partial charge on any atom is -0.353 e. The number of nitrogens with zero attached hydrogens (tertiary/aromatic N) is 2. The van der Waals surface area contributed by atoms with E-state index in [2.05, 4.69) is 56.6 Å². The summed E-state index contributed by atoms with van der Waals surface area (Å²) < 4.78 is 0. The van der Waals surface area contributed by atoms with Gasteiger partial charge in [0.25, 0.3) is 0 Å². The number of aryl methyl sites for hydroxylation is 1. The van der Waals surface area contributed by atoms with Crippen molar-refractivity contribution in [3.8, 4) is 0 Å². The molecular weight excluding hydrogens is 246 g/mol. The van der Waals surface area contributed by atoms with Crippen LogP contribution < -0.4 is 10.2 Å². The summed E-state index contributed by atoms with van der Waals surface area (Å²) in [5, 5.41) is 3.47. The highest BCUT2D eigenvalue weighted by molar-refractivity contribution is 5.42. The number of hydrogen-bond acceptors (Lipinski definition) is 3. The summed E-state index contributed by atoms with van der Waals surface area (Å²) in [5.74, 6) is 1.73. The van der Waals surface area contributed by atoms with E-state index in [-0.39, 0.29) is 0 Å². The molecule has 0 amide bonds. The summed E-state index contributed by atoms with van der Waals surface area (Å²) in [4.78, 5) is 7.02. The Balaban J connectivity index is 2.72. The van der Waals surface area contributed by atoms with Crippen molar-refractivity contribution in [2.75, 3.05) is 24.5 Å². The molecule has 0 bridgehead atoms. The van der Waals surface area contributed by atoms with Crippen LogP contribution in [0.4, 0.5) is 5.82 Å². The minimum atomic E-state index is 0.676. The van der Waals surface area contributed by atoms with E-state index in [1.54, 1.807) is 0 Å². The molecule has 0 spiro atoms. The van der Waals surface area contributed by atoms with Gasteiger partial charge in [-0.05, 0) is 37.4 Å². The number of aromatic nitrogens is 1. The van der Waals surface area contributed by atoms with E-state index in [9.17, 15) is 0 Å². The van der Waals surface area contributed by atoms with Crippen molar-refractivity contribution >= 4 is 5.82 Å². The van der Waals surface area contributed by atoms with Gasteiger partial charge in [-0.25, -0.2) is 4.98 Å². The summed E-state index contributed by atoms with van der Waals surface area (Å²) >= 11 is 0. The lowest BCUT2D eigenvalue weighted by atomic mass is 10.1. The second kappa shape index (κ2) is 8.75. The number of pyridine rings is 1. The Kier molecular flexibility index (Phi) is 7.31. The molecular formula is C17H29N3. The molecule has 1 aromatic rings. The van der Waals surface area contributed by atoms with Gasteiger partial charge in [-0.15, -0.1) is 6.58 Å². The summed E-state index contributed by atoms with van der Waals surface area (Å²) in [6.07, 6.45) is 3.05. The van der Waals surface area contributed by atoms with Crippen molar-refractivity contribution in [3.63, 3.8) is 0 Å². The minimum absolute atomic E-state index is 0.676. The second-order valence-corrected chi connectivity index (χ2v) is 5.67. The average molecular weight is 275 g/mol. The topological polar surface area (TPSA) is 28.2 Å². The van der Waals surface area contributed by atoms with Gasteiger partial charge in [0.15, 0.2) is 0 Å². The smallest absolute Gasteiger partial charge is 0.129 e. The van der Waals surface area contributed by atoms with Gasteiger partial charge in [0.2, 0.25) is 0 Å². The number of anilines is 1. The first-order valence-corrected chi connectivity index (χ1v) is 7.61. The number of hydrogen-bond donors (Lipinski definition) is 1. The molecule has 0 aliphatic rings. The molecule has 0 atom stereocenters. The Morgan fingerprint density at radius 2 is 2.15 bits per heavy atom. The number of rotatable bonds is 9. The first-order chi connectivity index (χ1) is 9.58. The molecule has 1 heterocycles. The zero-order chi connectivity index (χ0) is 15.0. The van der Waals surface area contributed by atoms with Crippen molar-refractivity contribution in [2.24, 2.45) is 5.92 Å². The van der Waals surface area contributed by atoms with Gasteiger partial charge >= 0.3 is 0 Å². The lowest BCUT2D eigenvalue weighted by molar-refractivity contribution is 0.551. The van der Waals surface area contributed by atoms with Crippen LogP contribution in [-0.2, 0) is 6.54 Å². The fourth-order valence-electron chi connectivity index (χ4n) is 2.16. The van der Waals surface area contributed by atoms with Crippen LogP contribution in [0.25, 0.3) is 0 Å². The Bertz CT molecular complexity index is 413. The van der Waals surface area contributed by atoms with Gasteiger partial charge in [0, 0.05) is 25.3 Å². The Hall–Kier alpha value is -1.35. The van der Waals surface area contributed by atoms with Crippen LogP contribution in [0.1, 0.15) is 38.4 Å². The molecule has 0 unspecified atom stereocenters. The van der Waals surface area contributed by atoms with Crippen LogP contribution in [-0.4, -0.2) is 24.6 Å². The maximum absolute atomic E-state index is 4.75. The van der Waals surface area contributed by atoms with Crippen LogP contribution in [0.3, 0.4) is 0 Å². The molecule has 0 fully saturated rings. The normalized spacial score (nSPS) is 10.8. The monoisotopic (exact) mass is 275 g/mol. The Morgan fingerprint density at radius 1 is 1.40 bits per heavy atom. The lowest BCUT2D eigenvalue weighted by Gasteiger charge is -2.22. The van der Waals surface area contributed by atoms with Gasteiger partial charge in [0.05, 0.1) is 0 Å². The second-order valence-electron chi connectivity index (χ2n) is 5.67. The third-order valence-corrected chi connectivity index (χ3v) is 3.22. The fraction of sp³-hybridized carbons (Fsp3) is 0.588. The van der Waals surface area contributed by atoms with Crippen molar-refractivity contribution in [1.82, 2.24) is 10.3 Å². The summed E-state index contributed by atoms with van der Waals surface area (Å²) in [6.45, 7) is 16.4. The van der Waals surface area contributed by atoms with Crippen molar-refractivity contribution in [3.05, 3.63) is 36.0 Å². The number of nitrogens with one attached hydrogen (secondary N) is 1. The molecule has 0 radical (unpaired) electrons. The fourth-order valence-corrected chi connectivity index (χ4v) is 2.16. The third kappa shape index (κ3) is 5.33. The van der Waals surface area contributed by atoms with E-state index < -0.39 is 0 Å². The van der Waals surface area contributed by atoms with Crippen LogP contribution in [0, 0.1) is 12.8 Å². The predicted octanol–water partition coefficient (Wildman–Crippen LogP) is 3.54. The van der Waals surface area contributed by atoms with Crippen LogP contribution in [0.5, 0.6) is 0 Å². The van der Waals surface area contributed by atoms with E-state index in [0.29, 0.717) is 5.92 Å². The van der Waals surface area contributed by atoms with Crippen molar-refractivity contribution in [2.45, 2.75) is 40.7 Å². The van der Waals surface area contributed by atoms with E-state index in [0.717, 1.165) is 44.1 Å². The van der Waals surface area contributed by atoms with Crippen LogP contribution in [0.2, 0.25) is 0 Å². The molecule has 1 rings (SSSR count). The van der Waals surface area contributed by atoms with Crippen molar-refractivity contribution in [1.29, 1.82) is 0 Å². The maximum Gasteiger partial charge on any atom is 0.129 e. The van der Waals surface area contributed by atoms with Gasteiger partial charge in [-0.2, -0.15) is 0 Å². The summed E-state index contributed by atoms with van der Waals surface area (Å²) in [5.41, 5.74) is 2.40. The molecule has 20 heavy (non-hydrogen) atoms. The lowest BCUT2D eigenvalue weighted by Crippen LogP contribution is -2.25. The quantitative estimate of drug-likeness (QED) is 0.699.